The highest BCUT2D eigenvalue weighted by molar-refractivity contribution is 7.87. The first-order valence-electron chi connectivity index (χ1n) is 3.89. The topological polar surface area (TPSA) is 54.4 Å². The average Bonchev–Trinajstić information content (AvgIpc) is 1.96. The van der Waals surface area contributed by atoms with E-state index in [0.29, 0.717) is 6.42 Å². The van der Waals surface area contributed by atoms with Crippen molar-refractivity contribution in [2.24, 2.45) is 0 Å². The quantitative estimate of drug-likeness (QED) is 0.420. The highest BCUT2D eigenvalue weighted by Gasteiger charge is 2.29. The molecule has 13 heavy (non-hydrogen) atoms. The van der Waals surface area contributed by atoms with Crippen LogP contribution in [0.3, 0.4) is 0 Å². The van der Waals surface area contributed by atoms with Crippen molar-refractivity contribution in [3.05, 3.63) is 12.2 Å². The van der Waals surface area contributed by atoms with Crippen molar-refractivity contribution in [1.82, 2.24) is 0 Å². The minimum absolute atomic E-state index is 0.495. The molecule has 0 radical (unpaired) electrons. The van der Waals surface area contributed by atoms with E-state index in [1.165, 1.54) is 13.8 Å². The molecule has 0 spiro atoms. The van der Waals surface area contributed by atoms with E-state index in [2.05, 4.69) is 11.8 Å². The highest BCUT2D eigenvalue weighted by atomic mass is 32.2. The Morgan fingerprint density at radius 1 is 1.46 bits per heavy atom. The zero-order valence-electron chi connectivity index (χ0n) is 8.03. The van der Waals surface area contributed by atoms with E-state index < -0.39 is 14.9 Å². The Kier molecular flexibility index (Phi) is 4.18. The molecule has 0 aromatic carbocycles. The maximum Gasteiger partial charge on any atom is 0.281 e. The van der Waals surface area contributed by atoms with Gasteiger partial charge < -0.3 is 0 Å². The van der Waals surface area contributed by atoms with Crippen LogP contribution < -0.4 is 0 Å². The Morgan fingerprint density at radius 2 is 2.00 bits per heavy atom. The van der Waals surface area contributed by atoms with Gasteiger partial charge in [-0.25, -0.2) is 0 Å². The summed E-state index contributed by atoms with van der Waals surface area (Å²) < 4.78 is 28.9. The van der Waals surface area contributed by atoms with Gasteiger partial charge in [-0.15, -0.1) is 0 Å². The smallest absolute Gasteiger partial charge is 0.281 e. The van der Waals surface area contributed by atoms with Gasteiger partial charge in [0.05, 0.1) is 0 Å². The largest absolute Gasteiger partial charge is 0.284 e. The molecule has 3 nitrogen and oxygen atoms in total. The molecule has 1 N–H and O–H groups in total. The maximum absolute atomic E-state index is 10.8. The van der Waals surface area contributed by atoms with E-state index in [1.807, 2.05) is 19.1 Å². The second-order valence-corrected chi connectivity index (χ2v) is 5.03. The predicted molar refractivity (Wildman–Crippen MR) is 52.8 cm³/mol. The normalized spacial score (nSPS) is 12.6. The molecule has 0 heterocycles. The van der Waals surface area contributed by atoms with E-state index >= 15 is 0 Å². The Balaban J connectivity index is 4.57. The van der Waals surface area contributed by atoms with Crippen LogP contribution in [0, 0.1) is 11.8 Å². The van der Waals surface area contributed by atoms with Crippen molar-refractivity contribution in [1.29, 1.82) is 0 Å². The van der Waals surface area contributed by atoms with Crippen molar-refractivity contribution in [2.45, 2.75) is 31.9 Å². The first kappa shape index (κ1) is 12.2. The van der Waals surface area contributed by atoms with E-state index in [0.717, 1.165) is 0 Å². The fraction of sp³-hybridized carbons (Fsp3) is 0.556. The molecular formula is C9H14O3S. The van der Waals surface area contributed by atoms with Gasteiger partial charge in [-0.1, -0.05) is 24.0 Å². The monoisotopic (exact) mass is 202 g/mol. The van der Waals surface area contributed by atoms with Crippen LogP contribution in [0.15, 0.2) is 12.2 Å². The van der Waals surface area contributed by atoms with E-state index in [-0.39, 0.29) is 0 Å². The zero-order valence-corrected chi connectivity index (χ0v) is 8.85. The first-order chi connectivity index (χ1) is 5.81. The summed E-state index contributed by atoms with van der Waals surface area (Å²) in [6.45, 7) is 4.59. The standard InChI is InChI=1S/C9H14O3S/c1-4-5-6-7-8-9(2,3)13(10,11)12/h4-5H,6H2,1-3H3,(H,10,11,12). The lowest BCUT2D eigenvalue weighted by Crippen LogP contribution is -2.29. The molecule has 0 saturated carbocycles. The van der Waals surface area contributed by atoms with Crippen LogP contribution in [0.5, 0.6) is 0 Å². The second-order valence-electron chi connectivity index (χ2n) is 3.06. The van der Waals surface area contributed by atoms with E-state index in [9.17, 15) is 8.42 Å². The third kappa shape index (κ3) is 4.11. The SMILES string of the molecule is CC=CCC#CC(C)(C)S(=O)(=O)O. The Morgan fingerprint density at radius 3 is 2.38 bits per heavy atom. The van der Waals surface area contributed by atoms with Gasteiger partial charge in [-0.05, 0) is 20.8 Å². The van der Waals surface area contributed by atoms with Crippen LogP contribution in [0.2, 0.25) is 0 Å². The lowest BCUT2D eigenvalue weighted by molar-refractivity contribution is 0.461. The third-order valence-electron chi connectivity index (χ3n) is 1.49. The van der Waals surface area contributed by atoms with Crippen LogP contribution in [0.25, 0.3) is 0 Å². The minimum atomic E-state index is -4.09. The molecule has 0 saturated heterocycles. The van der Waals surface area contributed by atoms with Gasteiger partial charge in [0.15, 0.2) is 4.75 Å². The summed E-state index contributed by atoms with van der Waals surface area (Å²) in [7, 11) is -4.09. The van der Waals surface area contributed by atoms with Gasteiger partial charge >= 0.3 is 0 Å². The molecule has 0 atom stereocenters. The van der Waals surface area contributed by atoms with Gasteiger partial charge in [0.2, 0.25) is 0 Å². The summed E-state index contributed by atoms with van der Waals surface area (Å²) in [6, 6.07) is 0. The Labute approximate surface area is 79.6 Å². The van der Waals surface area contributed by atoms with E-state index in [1.54, 1.807) is 0 Å². The third-order valence-corrected chi connectivity index (χ3v) is 2.88. The van der Waals surface area contributed by atoms with Crippen molar-refractivity contribution in [3.63, 3.8) is 0 Å². The summed E-state index contributed by atoms with van der Waals surface area (Å²) >= 11 is 0. The van der Waals surface area contributed by atoms with Crippen molar-refractivity contribution in [2.75, 3.05) is 0 Å². The van der Waals surface area contributed by atoms with Gasteiger partial charge in [0.1, 0.15) is 0 Å². The molecule has 0 amide bonds. The van der Waals surface area contributed by atoms with Crippen LogP contribution in [-0.2, 0) is 10.1 Å². The molecular weight excluding hydrogens is 188 g/mol. The summed E-state index contributed by atoms with van der Waals surface area (Å²) in [6.07, 6.45) is 4.14. The van der Waals surface area contributed by atoms with Gasteiger partial charge in [0, 0.05) is 6.42 Å². The van der Waals surface area contributed by atoms with Crippen molar-refractivity contribution in [3.8, 4) is 11.8 Å². The van der Waals surface area contributed by atoms with E-state index in [4.69, 9.17) is 4.55 Å². The van der Waals surface area contributed by atoms with Crippen LogP contribution >= 0.6 is 0 Å². The van der Waals surface area contributed by atoms with Gasteiger partial charge in [0.25, 0.3) is 10.1 Å². The van der Waals surface area contributed by atoms with Crippen molar-refractivity contribution >= 4 is 10.1 Å². The predicted octanol–water partition coefficient (Wildman–Crippen LogP) is 1.62. The van der Waals surface area contributed by atoms with Gasteiger partial charge in [-0.2, -0.15) is 8.42 Å². The average molecular weight is 202 g/mol. The molecule has 74 valence electrons. The van der Waals surface area contributed by atoms with Gasteiger partial charge in [-0.3, -0.25) is 4.55 Å². The maximum atomic E-state index is 10.8. The lowest BCUT2D eigenvalue weighted by Gasteiger charge is -2.11. The van der Waals surface area contributed by atoms with Crippen molar-refractivity contribution < 1.29 is 13.0 Å². The first-order valence-corrected chi connectivity index (χ1v) is 5.33. The molecule has 0 aromatic rings. The Hall–Kier alpha value is -0.790. The summed E-state index contributed by atoms with van der Waals surface area (Å²) in [5.74, 6) is 5.15. The fourth-order valence-electron chi connectivity index (χ4n) is 0.505. The summed E-state index contributed by atoms with van der Waals surface area (Å²) in [5.41, 5.74) is 0. The zero-order chi connectivity index (χ0) is 10.5. The number of hydrogen-bond acceptors (Lipinski definition) is 2. The second kappa shape index (κ2) is 4.45. The molecule has 0 bridgehead atoms. The molecule has 4 heteroatoms. The summed E-state index contributed by atoms with van der Waals surface area (Å²) in [4.78, 5) is 0. The Bertz CT molecular complexity index is 339. The number of hydrogen-bond donors (Lipinski definition) is 1. The molecule has 0 aliphatic heterocycles. The molecule has 0 unspecified atom stereocenters. The van der Waals surface area contributed by atoms with Crippen LogP contribution in [0.4, 0.5) is 0 Å². The molecule has 0 fully saturated rings. The number of rotatable bonds is 2. The highest BCUT2D eigenvalue weighted by Crippen LogP contribution is 2.12. The fourth-order valence-corrected chi connectivity index (χ4v) is 0.706. The minimum Gasteiger partial charge on any atom is -0.284 e. The number of allylic oxidation sites excluding steroid dienone is 2. The summed E-state index contributed by atoms with van der Waals surface area (Å²) in [5, 5.41) is 0. The molecule has 0 aliphatic carbocycles. The van der Waals surface area contributed by atoms with Crippen LogP contribution in [0.1, 0.15) is 27.2 Å². The molecule has 0 aromatic heterocycles. The molecule has 0 rings (SSSR count). The molecule has 0 aliphatic rings. The van der Waals surface area contributed by atoms with Crippen LogP contribution in [-0.4, -0.2) is 17.7 Å². The lowest BCUT2D eigenvalue weighted by atomic mass is 10.2.